The first kappa shape index (κ1) is 14.2. The first-order chi connectivity index (χ1) is 11.1. The van der Waals surface area contributed by atoms with Gasteiger partial charge in [-0.1, -0.05) is 11.6 Å². The van der Waals surface area contributed by atoms with Crippen molar-refractivity contribution >= 4 is 45.9 Å². The standard InChI is InChI=1S/C15H10Cl2N6/c16-9-3-8(6-18)4-10(5-9)20-13-12-14(22-15(17)21-13)23(7-19-12)11-1-2-11/h3-5,7,11H,1-2H2,(H,20,21,22). The molecule has 0 atom stereocenters. The first-order valence-corrected chi connectivity index (χ1v) is 7.77. The monoisotopic (exact) mass is 344 g/mol. The van der Waals surface area contributed by atoms with Crippen LogP contribution in [0.1, 0.15) is 24.4 Å². The highest BCUT2D eigenvalue weighted by atomic mass is 35.5. The summed E-state index contributed by atoms with van der Waals surface area (Å²) in [6.45, 7) is 0. The highest BCUT2D eigenvalue weighted by molar-refractivity contribution is 6.31. The molecule has 1 aromatic carbocycles. The lowest BCUT2D eigenvalue weighted by atomic mass is 10.2. The van der Waals surface area contributed by atoms with Gasteiger partial charge in [0.25, 0.3) is 0 Å². The summed E-state index contributed by atoms with van der Waals surface area (Å²) in [7, 11) is 0. The van der Waals surface area contributed by atoms with E-state index in [1.807, 2.05) is 4.57 Å². The Balaban J connectivity index is 1.80. The lowest BCUT2D eigenvalue weighted by Gasteiger charge is -2.08. The van der Waals surface area contributed by atoms with E-state index < -0.39 is 0 Å². The van der Waals surface area contributed by atoms with Gasteiger partial charge in [-0.2, -0.15) is 15.2 Å². The fraction of sp³-hybridized carbons (Fsp3) is 0.200. The Morgan fingerprint density at radius 2 is 2.04 bits per heavy atom. The summed E-state index contributed by atoms with van der Waals surface area (Å²) in [6.07, 6.45) is 4.00. The van der Waals surface area contributed by atoms with Gasteiger partial charge < -0.3 is 9.88 Å². The van der Waals surface area contributed by atoms with Gasteiger partial charge in [0.15, 0.2) is 17.0 Å². The van der Waals surface area contributed by atoms with Crippen LogP contribution < -0.4 is 5.32 Å². The zero-order chi connectivity index (χ0) is 16.0. The van der Waals surface area contributed by atoms with Crippen molar-refractivity contribution in [2.45, 2.75) is 18.9 Å². The van der Waals surface area contributed by atoms with Crippen LogP contribution in [0.15, 0.2) is 24.5 Å². The molecule has 1 N–H and O–H groups in total. The molecule has 1 saturated carbocycles. The average molecular weight is 345 g/mol. The third-order valence-corrected chi connectivity index (χ3v) is 4.01. The fourth-order valence-electron chi connectivity index (χ4n) is 2.46. The second kappa shape index (κ2) is 5.37. The molecule has 1 aliphatic rings. The molecule has 0 spiro atoms. The van der Waals surface area contributed by atoms with E-state index in [0.717, 1.165) is 12.8 Å². The summed E-state index contributed by atoms with van der Waals surface area (Å²) in [4.78, 5) is 12.9. The summed E-state index contributed by atoms with van der Waals surface area (Å²) in [5.74, 6) is 0.491. The third-order valence-electron chi connectivity index (χ3n) is 3.62. The molecule has 0 unspecified atom stereocenters. The molecule has 23 heavy (non-hydrogen) atoms. The molecule has 2 heterocycles. The van der Waals surface area contributed by atoms with E-state index in [1.165, 1.54) is 0 Å². The SMILES string of the molecule is N#Cc1cc(Cl)cc(Nc2nc(Cl)nc3c2ncn3C2CC2)c1. The van der Waals surface area contributed by atoms with E-state index in [4.69, 9.17) is 28.5 Å². The lowest BCUT2D eigenvalue weighted by molar-refractivity contribution is 0.756. The van der Waals surface area contributed by atoms with E-state index in [9.17, 15) is 0 Å². The quantitative estimate of drug-likeness (QED) is 0.724. The zero-order valence-electron chi connectivity index (χ0n) is 11.8. The van der Waals surface area contributed by atoms with Gasteiger partial charge in [0, 0.05) is 16.8 Å². The molecule has 0 aliphatic heterocycles. The molecule has 3 aromatic rings. The highest BCUT2D eigenvalue weighted by Crippen LogP contribution is 2.38. The van der Waals surface area contributed by atoms with Crippen molar-refractivity contribution in [2.24, 2.45) is 0 Å². The van der Waals surface area contributed by atoms with Crippen LogP contribution in [0, 0.1) is 11.3 Å². The topological polar surface area (TPSA) is 79.4 Å². The first-order valence-electron chi connectivity index (χ1n) is 7.02. The molecular formula is C15H10Cl2N6. The molecule has 0 amide bonds. The maximum Gasteiger partial charge on any atom is 0.226 e. The smallest absolute Gasteiger partial charge is 0.226 e. The van der Waals surface area contributed by atoms with Gasteiger partial charge in [-0.3, -0.25) is 0 Å². The molecule has 0 bridgehead atoms. The molecule has 6 nitrogen and oxygen atoms in total. The maximum absolute atomic E-state index is 9.04. The Morgan fingerprint density at radius 3 is 2.78 bits per heavy atom. The molecule has 8 heteroatoms. The largest absolute Gasteiger partial charge is 0.338 e. The average Bonchev–Trinajstić information content (AvgIpc) is 3.26. The molecule has 0 radical (unpaired) electrons. The van der Waals surface area contributed by atoms with Crippen LogP contribution in [-0.4, -0.2) is 19.5 Å². The molecule has 4 rings (SSSR count). The van der Waals surface area contributed by atoms with Crippen molar-refractivity contribution in [1.82, 2.24) is 19.5 Å². The van der Waals surface area contributed by atoms with E-state index in [0.29, 0.717) is 39.3 Å². The van der Waals surface area contributed by atoms with Crippen LogP contribution in [0.2, 0.25) is 10.3 Å². The number of nitriles is 1. The number of aromatic nitrogens is 4. The second-order valence-corrected chi connectivity index (χ2v) is 6.14. The van der Waals surface area contributed by atoms with Crippen molar-refractivity contribution in [3.8, 4) is 6.07 Å². The summed E-state index contributed by atoms with van der Waals surface area (Å²) in [6, 6.07) is 7.50. The maximum atomic E-state index is 9.04. The number of nitrogens with one attached hydrogen (secondary N) is 1. The zero-order valence-corrected chi connectivity index (χ0v) is 13.3. The molecular weight excluding hydrogens is 335 g/mol. The van der Waals surface area contributed by atoms with Crippen molar-refractivity contribution < 1.29 is 0 Å². The van der Waals surface area contributed by atoms with Crippen LogP contribution in [0.4, 0.5) is 11.5 Å². The Bertz CT molecular complexity index is 954. The van der Waals surface area contributed by atoms with Gasteiger partial charge in [0.2, 0.25) is 5.28 Å². The number of anilines is 2. The van der Waals surface area contributed by atoms with Gasteiger partial charge in [-0.05, 0) is 42.6 Å². The Labute approximate surface area is 141 Å². The molecule has 1 fully saturated rings. The Kier molecular flexibility index (Phi) is 3.33. The normalized spacial score (nSPS) is 14.0. The van der Waals surface area contributed by atoms with Crippen LogP contribution in [0.25, 0.3) is 11.2 Å². The fourth-order valence-corrected chi connectivity index (χ4v) is 2.86. The van der Waals surface area contributed by atoms with Crippen LogP contribution in [-0.2, 0) is 0 Å². The van der Waals surface area contributed by atoms with E-state index in [2.05, 4.69) is 26.3 Å². The second-order valence-electron chi connectivity index (χ2n) is 5.36. The minimum atomic E-state index is 0.143. The third kappa shape index (κ3) is 2.69. The van der Waals surface area contributed by atoms with E-state index in [-0.39, 0.29) is 5.28 Å². The van der Waals surface area contributed by atoms with Crippen molar-refractivity contribution in [3.05, 3.63) is 40.4 Å². The number of imidazole rings is 1. The number of hydrogen-bond donors (Lipinski definition) is 1. The molecule has 1 aliphatic carbocycles. The predicted molar refractivity (Wildman–Crippen MR) is 88.1 cm³/mol. The molecule has 2 aromatic heterocycles. The van der Waals surface area contributed by atoms with Crippen LogP contribution >= 0.6 is 23.2 Å². The van der Waals surface area contributed by atoms with Crippen molar-refractivity contribution in [3.63, 3.8) is 0 Å². The number of nitrogens with zero attached hydrogens (tertiary/aromatic N) is 5. The predicted octanol–water partition coefficient (Wildman–Crippen LogP) is 4.08. The van der Waals surface area contributed by atoms with E-state index in [1.54, 1.807) is 24.5 Å². The minimum Gasteiger partial charge on any atom is -0.338 e. The highest BCUT2D eigenvalue weighted by Gasteiger charge is 2.26. The Morgan fingerprint density at radius 1 is 1.22 bits per heavy atom. The van der Waals surface area contributed by atoms with Gasteiger partial charge in [0.05, 0.1) is 18.0 Å². The van der Waals surface area contributed by atoms with Crippen molar-refractivity contribution in [2.75, 3.05) is 5.32 Å². The summed E-state index contributed by atoms with van der Waals surface area (Å²) < 4.78 is 2.02. The van der Waals surface area contributed by atoms with E-state index >= 15 is 0 Å². The summed E-state index contributed by atoms with van der Waals surface area (Å²) in [5.41, 5.74) is 2.45. The van der Waals surface area contributed by atoms with Crippen molar-refractivity contribution in [1.29, 1.82) is 5.26 Å². The van der Waals surface area contributed by atoms with Gasteiger partial charge in [0.1, 0.15) is 0 Å². The molecule has 0 saturated heterocycles. The number of benzene rings is 1. The molecule has 114 valence electrons. The Hall–Kier alpha value is -2.36. The summed E-state index contributed by atoms with van der Waals surface area (Å²) in [5, 5.41) is 12.8. The van der Waals surface area contributed by atoms with Crippen LogP contribution in [0.5, 0.6) is 0 Å². The lowest BCUT2D eigenvalue weighted by Crippen LogP contribution is -2.00. The number of rotatable bonds is 3. The number of fused-ring (bicyclic) bond motifs is 1. The van der Waals surface area contributed by atoms with Gasteiger partial charge in [-0.25, -0.2) is 4.98 Å². The number of halogens is 2. The van der Waals surface area contributed by atoms with Gasteiger partial charge >= 0.3 is 0 Å². The van der Waals surface area contributed by atoms with Crippen LogP contribution in [0.3, 0.4) is 0 Å². The minimum absolute atomic E-state index is 0.143. The van der Waals surface area contributed by atoms with Gasteiger partial charge in [-0.15, -0.1) is 0 Å². The summed E-state index contributed by atoms with van der Waals surface area (Å²) >= 11 is 12.1. The number of hydrogen-bond acceptors (Lipinski definition) is 5.